The molecule has 3 fully saturated rings. The monoisotopic (exact) mass is 388 g/mol. The quantitative estimate of drug-likeness (QED) is 0.771. The maximum Gasteiger partial charge on any atom is 0.224 e. The number of carbonyl (C=O) groups is 2. The standard InChI is InChI=1S/C21H32N4O3/c1-23-18(7-11-22-23)5-6-19(26)24-12-9-21(10-13-24)16-25(15-17-3-2-4-17)20(27)8-14-28-21/h7,11,17H,2-6,8-10,12-16H2,1H3. The second-order valence-corrected chi connectivity index (χ2v) is 8.68. The summed E-state index contributed by atoms with van der Waals surface area (Å²) in [7, 11) is 1.91. The van der Waals surface area contributed by atoms with Crippen LogP contribution >= 0.6 is 0 Å². The summed E-state index contributed by atoms with van der Waals surface area (Å²) in [6, 6.07) is 1.96. The predicted octanol–water partition coefficient (Wildman–Crippen LogP) is 1.76. The molecule has 0 bridgehead atoms. The molecule has 1 aromatic heterocycles. The summed E-state index contributed by atoms with van der Waals surface area (Å²) in [5, 5.41) is 4.16. The van der Waals surface area contributed by atoms with Crippen molar-refractivity contribution in [1.82, 2.24) is 19.6 Å². The van der Waals surface area contributed by atoms with Crippen molar-refractivity contribution < 1.29 is 14.3 Å². The van der Waals surface area contributed by atoms with Crippen LogP contribution in [-0.2, 0) is 27.8 Å². The highest BCUT2D eigenvalue weighted by Gasteiger charge is 2.41. The van der Waals surface area contributed by atoms with E-state index in [0.717, 1.165) is 44.6 Å². The molecule has 0 radical (unpaired) electrons. The second kappa shape index (κ2) is 8.23. The Kier molecular flexibility index (Phi) is 5.71. The number of amides is 2. The predicted molar refractivity (Wildman–Crippen MR) is 105 cm³/mol. The van der Waals surface area contributed by atoms with E-state index in [9.17, 15) is 9.59 Å². The van der Waals surface area contributed by atoms with Gasteiger partial charge in [0.05, 0.1) is 18.6 Å². The number of aromatic nitrogens is 2. The summed E-state index contributed by atoms with van der Waals surface area (Å²) < 4.78 is 8.04. The number of hydrogen-bond acceptors (Lipinski definition) is 4. The molecule has 3 aliphatic rings. The molecular weight excluding hydrogens is 356 g/mol. The number of carbonyl (C=O) groups excluding carboxylic acids is 2. The molecule has 0 unspecified atom stereocenters. The number of piperidine rings is 1. The molecule has 154 valence electrons. The number of aryl methyl sites for hydroxylation is 2. The molecule has 3 heterocycles. The fraction of sp³-hybridized carbons (Fsp3) is 0.762. The van der Waals surface area contributed by atoms with Crippen molar-refractivity contribution in [3.63, 3.8) is 0 Å². The first kappa shape index (κ1) is 19.4. The van der Waals surface area contributed by atoms with E-state index in [1.807, 2.05) is 22.7 Å². The van der Waals surface area contributed by atoms with E-state index in [2.05, 4.69) is 10.00 Å². The van der Waals surface area contributed by atoms with Gasteiger partial charge in [-0.3, -0.25) is 14.3 Å². The third-order valence-corrected chi connectivity index (χ3v) is 6.80. The Bertz CT molecular complexity index is 704. The molecule has 0 atom stereocenters. The Morgan fingerprint density at radius 1 is 1.32 bits per heavy atom. The Morgan fingerprint density at radius 2 is 2.11 bits per heavy atom. The van der Waals surface area contributed by atoms with Crippen LogP contribution in [-0.4, -0.2) is 69.8 Å². The van der Waals surface area contributed by atoms with Crippen molar-refractivity contribution in [2.45, 2.75) is 57.0 Å². The summed E-state index contributed by atoms with van der Waals surface area (Å²) in [6.45, 7) is 3.52. The van der Waals surface area contributed by atoms with Crippen molar-refractivity contribution >= 4 is 11.8 Å². The number of likely N-dealkylation sites (tertiary alicyclic amines) is 1. The minimum absolute atomic E-state index is 0.201. The molecule has 1 aromatic rings. The van der Waals surface area contributed by atoms with Gasteiger partial charge in [0.15, 0.2) is 0 Å². The Balaban J connectivity index is 1.30. The van der Waals surface area contributed by atoms with Gasteiger partial charge in [-0.05, 0) is 44.1 Å². The first-order valence-electron chi connectivity index (χ1n) is 10.7. The molecule has 1 saturated carbocycles. The van der Waals surface area contributed by atoms with Gasteiger partial charge < -0.3 is 14.5 Å². The minimum Gasteiger partial charge on any atom is -0.372 e. The van der Waals surface area contributed by atoms with Gasteiger partial charge in [0.1, 0.15) is 0 Å². The maximum atomic E-state index is 12.6. The average Bonchev–Trinajstić information content (AvgIpc) is 3.00. The van der Waals surface area contributed by atoms with Gasteiger partial charge >= 0.3 is 0 Å². The molecule has 4 rings (SSSR count). The lowest BCUT2D eigenvalue weighted by atomic mass is 9.84. The Labute approximate surface area is 167 Å². The van der Waals surface area contributed by atoms with Gasteiger partial charge in [-0.15, -0.1) is 0 Å². The SMILES string of the molecule is Cn1nccc1CCC(=O)N1CCC2(CC1)CN(CC1CCC1)C(=O)CCO2. The smallest absolute Gasteiger partial charge is 0.224 e. The second-order valence-electron chi connectivity index (χ2n) is 8.68. The summed E-state index contributed by atoms with van der Waals surface area (Å²) >= 11 is 0. The highest BCUT2D eigenvalue weighted by atomic mass is 16.5. The lowest BCUT2D eigenvalue weighted by Gasteiger charge is -2.43. The number of ether oxygens (including phenoxy) is 1. The molecule has 0 aromatic carbocycles. The summed E-state index contributed by atoms with van der Waals surface area (Å²) in [5.41, 5.74) is 0.813. The highest BCUT2D eigenvalue weighted by Crippen LogP contribution is 2.33. The maximum absolute atomic E-state index is 12.6. The van der Waals surface area contributed by atoms with E-state index in [-0.39, 0.29) is 17.4 Å². The van der Waals surface area contributed by atoms with Gasteiger partial charge in [-0.2, -0.15) is 5.10 Å². The van der Waals surface area contributed by atoms with Crippen LogP contribution in [0.1, 0.15) is 50.6 Å². The van der Waals surface area contributed by atoms with Crippen molar-refractivity contribution in [2.75, 3.05) is 32.8 Å². The summed E-state index contributed by atoms with van der Waals surface area (Å²) in [5.74, 6) is 1.11. The van der Waals surface area contributed by atoms with E-state index in [1.54, 1.807) is 6.20 Å². The minimum atomic E-state index is -0.269. The van der Waals surface area contributed by atoms with Crippen LogP contribution < -0.4 is 0 Å². The van der Waals surface area contributed by atoms with Crippen LogP contribution in [0.3, 0.4) is 0 Å². The van der Waals surface area contributed by atoms with Crippen LogP contribution in [0.5, 0.6) is 0 Å². The van der Waals surface area contributed by atoms with E-state index in [0.29, 0.717) is 31.9 Å². The van der Waals surface area contributed by atoms with E-state index in [4.69, 9.17) is 4.74 Å². The van der Waals surface area contributed by atoms with Crippen molar-refractivity contribution in [2.24, 2.45) is 13.0 Å². The fourth-order valence-corrected chi connectivity index (χ4v) is 4.65. The number of hydrogen-bond donors (Lipinski definition) is 0. The summed E-state index contributed by atoms with van der Waals surface area (Å²) in [6.07, 6.45) is 8.92. The zero-order valence-electron chi connectivity index (χ0n) is 16.9. The summed E-state index contributed by atoms with van der Waals surface area (Å²) in [4.78, 5) is 29.1. The fourth-order valence-electron chi connectivity index (χ4n) is 4.65. The molecule has 7 heteroatoms. The third kappa shape index (κ3) is 4.24. The molecule has 1 aliphatic carbocycles. The van der Waals surface area contributed by atoms with Crippen LogP contribution in [0.15, 0.2) is 12.3 Å². The topological polar surface area (TPSA) is 67.7 Å². The van der Waals surface area contributed by atoms with Crippen LogP contribution in [0.4, 0.5) is 0 Å². The zero-order valence-corrected chi connectivity index (χ0v) is 16.9. The number of rotatable bonds is 5. The molecule has 7 nitrogen and oxygen atoms in total. The van der Waals surface area contributed by atoms with Crippen molar-refractivity contribution in [3.05, 3.63) is 18.0 Å². The van der Waals surface area contributed by atoms with Gasteiger partial charge in [0.2, 0.25) is 11.8 Å². The number of nitrogens with zero attached hydrogens (tertiary/aromatic N) is 4. The molecule has 1 spiro atoms. The zero-order chi connectivity index (χ0) is 19.6. The normalized spacial score (nSPS) is 23.0. The van der Waals surface area contributed by atoms with E-state index < -0.39 is 0 Å². The lowest BCUT2D eigenvalue weighted by Crippen LogP contribution is -2.53. The van der Waals surface area contributed by atoms with Crippen LogP contribution in [0, 0.1) is 5.92 Å². The first-order valence-corrected chi connectivity index (χ1v) is 10.7. The third-order valence-electron chi connectivity index (χ3n) is 6.80. The molecule has 2 amide bonds. The van der Waals surface area contributed by atoms with Crippen molar-refractivity contribution in [3.8, 4) is 0 Å². The molecule has 2 aliphatic heterocycles. The van der Waals surface area contributed by atoms with E-state index >= 15 is 0 Å². The Morgan fingerprint density at radius 3 is 2.75 bits per heavy atom. The van der Waals surface area contributed by atoms with Gasteiger partial charge in [0, 0.05) is 51.5 Å². The molecule has 0 N–H and O–H groups in total. The van der Waals surface area contributed by atoms with Gasteiger partial charge in [0.25, 0.3) is 0 Å². The Hall–Kier alpha value is -1.89. The first-order chi connectivity index (χ1) is 13.5. The van der Waals surface area contributed by atoms with Gasteiger partial charge in [-0.1, -0.05) is 6.42 Å². The average molecular weight is 389 g/mol. The van der Waals surface area contributed by atoms with Gasteiger partial charge in [-0.25, -0.2) is 0 Å². The van der Waals surface area contributed by atoms with Crippen LogP contribution in [0.25, 0.3) is 0 Å². The van der Waals surface area contributed by atoms with E-state index in [1.165, 1.54) is 19.3 Å². The highest BCUT2D eigenvalue weighted by molar-refractivity contribution is 5.77. The van der Waals surface area contributed by atoms with Crippen molar-refractivity contribution in [1.29, 1.82) is 0 Å². The molecular formula is C21H32N4O3. The lowest BCUT2D eigenvalue weighted by molar-refractivity contribution is -0.140. The van der Waals surface area contributed by atoms with Crippen LogP contribution in [0.2, 0.25) is 0 Å². The largest absolute Gasteiger partial charge is 0.372 e. The molecule has 28 heavy (non-hydrogen) atoms. The molecule has 2 saturated heterocycles.